The van der Waals surface area contributed by atoms with E-state index >= 15 is 0 Å². The summed E-state index contributed by atoms with van der Waals surface area (Å²) in [5.41, 5.74) is -0.963. The number of thiazole rings is 1. The fraction of sp³-hybridized carbons (Fsp3) is 0.438. The van der Waals surface area contributed by atoms with Crippen molar-refractivity contribution in [1.29, 1.82) is 0 Å². The van der Waals surface area contributed by atoms with Crippen molar-refractivity contribution in [2.75, 3.05) is 28.6 Å². The van der Waals surface area contributed by atoms with Crippen LogP contribution in [0, 0.1) is 11.6 Å². The van der Waals surface area contributed by atoms with Gasteiger partial charge in [0.15, 0.2) is 5.69 Å². The van der Waals surface area contributed by atoms with Gasteiger partial charge in [-0.1, -0.05) is 17.4 Å². The van der Waals surface area contributed by atoms with Gasteiger partial charge in [-0.15, -0.1) is 11.3 Å². The normalized spacial score (nSPS) is 16.3. The molecule has 0 saturated carbocycles. The van der Waals surface area contributed by atoms with E-state index in [1.54, 1.807) is 27.0 Å². The summed E-state index contributed by atoms with van der Waals surface area (Å²) in [7, 11) is 0. The molecule has 11 nitrogen and oxygen atoms in total. The summed E-state index contributed by atoms with van der Waals surface area (Å²) >= 11 is 2.20. The van der Waals surface area contributed by atoms with Crippen LogP contribution in [-0.4, -0.2) is 63.8 Å². The molecule has 3 aromatic heterocycles. The third kappa shape index (κ3) is 8.59. The molecule has 47 heavy (non-hydrogen) atoms. The van der Waals surface area contributed by atoms with E-state index in [0.717, 1.165) is 52.2 Å². The lowest BCUT2D eigenvalue weighted by atomic mass is 10.0. The zero-order valence-corrected chi connectivity index (χ0v) is 28.6. The summed E-state index contributed by atoms with van der Waals surface area (Å²) in [5, 5.41) is 21.6. The topological polar surface area (TPSA) is 138 Å². The number of aliphatic hydroxyl groups excluding tert-OH is 1. The maximum absolute atomic E-state index is 14.8. The van der Waals surface area contributed by atoms with E-state index in [2.05, 4.69) is 30.8 Å². The van der Waals surface area contributed by atoms with Crippen LogP contribution in [0.5, 0.6) is 0 Å². The van der Waals surface area contributed by atoms with Gasteiger partial charge in [0.2, 0.25) is 6.41 Å². The number of fused-ring (bicyclic) bond motifs is 1. The van der Waals surface area contributed by atoms with E-state index < -0.39 is 46.8 Å². The fourth-order valence-electron chi connectivity index (χ4n) is 5.18. The van der Waals surface area contributed by atoms with Crippen molar-refractivity contribution in [3.8, 4) is 10.6 Å². The molecule has 4 N–H and O–H groups in total. The van der Waals surface area contributed by atoms with Crippen LogP contribution >= 0.6 is 22.7 Å². The SMILES string of the molecule is CC(C)(C)OC(=O)Nc1sc(-c2c(F)cccc2F)nc1C(=O)Nc1cnc2sccc2c1N1CCC[C@H](NC(O)OC(C)(C)C)C1. The number of ether oxygens (including phenoxy) is 2. The highest BCUT2D eigenvalue weighted by atomic mass is 32.1. The number of hydrogen-bond acceptors (Lipinski definition) is 11. The largest absolute Gasteiger partial charge is 0.444 e. The molecule has 1 aliphatic rings. The summed E-state index contributed by atoms with van der Waals surface area (Å²) in [6.07, 6.45) is 1.13. The zero-order valence-electron chi connectivity index (χ0n) is 26.9. The average Bonchev–Trinajstić information content (AvgIpc) is 3.58. The quantitative estimate of drug-likeness (QED) is 0.145. The third-order valence-corrected chi connectivity index (χ3v) is 8.74. The monoisotopic (exact) mass is 688 g/mol. The standard InChI is InChI=1S/C32H38F2N6O5S2/c1-31(2,3)44-29(42)36-17-9-8-13-40(16-17)24-18-12-14-46-26(18)35-15-21(24)37-25(41)23-28(39-30(43)45-32(4,5)6)47-27(38-23)22-19(33)10-7-11-20(22)34/h7,10-12,14-15,17,29,36,42H,8-9,13,16H2,1-6H3,(H,37,41)(H,39,43)/t17-,29?/m0/s1. The first-order valence-corrected chi connectivity index (χ1v) is 16.8. The van der Waals surface area contributed by atoms with Crippen molar-refractivity contribution in [2.24, 2.45) is 0 Å². The van der Waals surface area contributed by atoms with Crippen LogP contribution in [-0.2, 0) is 9.47 Å². The molecule has 5 rings (SSSR count). The van der Waals surface area contributed by atoms with E-state index in [4.69, 9.17) is 9.47 Å². The van der Waals surface area contributed by atoms with Crippen LogP contribution in [0.2, 0.25) is 0 Å². The molecule has 0 radical (unpaired) electrons. The van der Waals surface area contributed by atoms with Crippen LogP contribution < -0.4 is 20.9 Å². The van der Waals surface area contributed by atoms with Gasteiger partial charge in [-0.2, -0.15) is 0 Å². The predicted octanol–water partition coefficient (Wildman–Crippen LogP) is 6.95. The Morgan fingerprint density at radius 1 is 1.09 bits per heavy atom. The Hall–Kier alpha value is -3.76. The summed E-state index contributed by atoms with van der Waals surface area (Å²) < 4.78 is 40.5. The number of amides is 2. The second-order valence-corrected chi connectivity index (χ2v) is 15.0. The smallest absolute Gasteiger partial charge is 0.412 e. The minimum absolute atomic E-state index is 0.0457. The molecule has 1 aromatic carbocycles. The Bertz CT molecular complexity index is 1750. The highest BCUT2D eigenvalue weighted by Crippen LogP contribution is 2.39. The second kappa shape index (κ2) is 13.8. The fourth-order valence-corrected chi connectivity index (χ4v) is 6.91. The molecule has 2 amide bonds. The molecule has 0 spiro atoms. The molecule has 4 aromatic rings. The minimum atomic E-state index is -1.16. The summed E-state index contributed by atoms with van der Waals surface area (Å²) in [6, 6.07) is 5.20. The summed E-state index contributed by atoms with van der Waals surface area (Å²) in [5.74, 6) is -2.46. The first-order chi connectivity index (χ1) is 22.1. The lowest BCUT2D eigenvalue weighted by molar-refractivity contribution is -0.185. The number of carbonyl (C=O) groups is 2. The molecule has 1 saturated heterocycles. The second-order valence-electron chi connectivity index (χ2n) is 13.1. The minimum Gasteiger partial charge on any atom is -0.444 e. The Kier molecular flexibility index (Phi) is 10.1. The number of nitrogens with zero attached hydrogens (tertiary/aromatic N) is 3. The molecular formula is C32H38F2N6O5S2. The summed E-state index contributed by atoms with van der Waals surface area (Å²) in [6.45, 7) is 11.8. The number of anilines is 3. The Morgan fingerprint density at radius 2 is 1.81 bits per heavy atom. The number of rotatable bonds is 8. The zero-order chi connectivity index (χ0) is 34.1. The number of carbonyl (C=O) groups excluding carboxylic acids is 2. The Balaban J connectivity index is 1.47. The number of thiophene rings is 1. The van der Waals surface area contributed by atoms with Gasteiger partial charge in [0.25, 0.3) is 5.91 Å². The van der Waals surface area contributed by atoms with Crippen molar-refractivity contribution >= 4 is 61.3 Å². The van der Waals surface area contributed by atoms with Gasteiger partial charge < -0.3 is 24.8 Å². The van der Waals surface area contributed by atoms with Crippen LogP contribution in [0.15, 0.2) is 35.8 Å². The molecule has 1 aliphatic heterocycles. The lowest BCUT2D eigenvalue weighted by Crippen LogP contribution is -2.51. The van der Waals surface area contributed by atoms with Crippen molar-refractivity contribution in [3.05, 3.63) is 53.2 Å². The number of nitrogens with one attached hydrogen (secondary N) is 3. The molecule has 0 aliphatic carbocycles. The van der Waals surface area contributed by atoms with Gasteiger partial charge >= 0.3 is 6.09 Å². The number of aliphatic hydroxyl groups is 1. The highest BCUT2D eigenvalue weighted by molar-refractivity contribution is 7.19. The number of pyridine rings is 1. The molecular weight excluding hydrogens is 651 g/mol. The lowest BCUT2D eigenvalue weighted by Gasteiger charge is -2.37. The van der Waals surface area contributed by atoms with Gasteiger partial charge in [-0.3, -0.25) is 15.4 Å². The molecule has 4 heterocycles. The van der Waals surface area contributed by atoms with Crippen molar-refractivity contribution in [1.82, 2.24) is 15.3 Å². The van der Waals surface area contributed by atoms with Crippen molar-refractivity contribution < 1.29 is 33.0 Å². The first kappa shape index (κ1) is 34.6. The Morgan fingerprint density at radius 3 is 2.49 bits per heavy atom. The van der Waals surface area contributed by atoms with E-state index in [1.165, 1.54) is 17.4 Å². The summed E-state index contributed by atoms with van der Waals surface area (Å²) in [4.78, 5) is 38.3. The number of piperidine rings is 1. The van der Waals surface area contributed by atoms with E-state index in [-0.39, 0.29) is 21.7 Å². The average molecular weight is 689 g/mol. The number of aromatic nitrogens is 2. The number of benzene rings is 1. The maximum atomic E-state index is 14.8. The van der Waals surface area contributed by atoms with E-state index in [0.29, 0.717) is 18.8 Å². The number of halogens is 2. The van der Waals surface area contributed by atoms with E-state index in [9.17, 15) is 23.5 Å². The maximum Gasteiger partial charge on any atom is 0.412 e. The van der Waals surface area contributed by atoms with Crippen molar-refractivity contribution in [2.45, 2.75) is 78.0 Å². The molecule has 1 unspecified atom stereocenters. The van der Waals surface area contributed by atoms with E-state index in [1.807, 2.05) is 32.2 Å². The van der Waals surface area contributed by atoms with Gasteiger partial charge in [0.1, 0.15) is 32.1 Å². The molecule has 0 bridgehead atoms. The molecule has 2 atom stereocenters. The first-order valence-electron chi connectivity index (χ1n) is 15.1. The molecule has 252 valence electrons. The molecule has 15 heteroatoms. The van der Waals surface area contributed by atoms with Gasteiger partial charge in [0.05, 0.1) is 28.7 Å². The van der Waals surface area contributed by atoms with Crippen LogP contribution in [0.25, 0.3) is 20.8 Å². The van der Waals surface area contributed by atoms with Gasteiger partial charge in [-0.25, -0.2) is 23.5 Å². The Labute approximate surface area is 279 Å². The van der Waals surface area contributed by atoms with Crippen molar-refractivity contribution in [3.63, 3.8) is 0 Å². The number of hydrogen-bond donors (Lipinski definition) is 4. The van der Waals surface area contributed by atoms with Gasteiger partial charge in [-0.05, 0) is 78.0 Å². The molecule has 1 fully saturated rings. The van der Waals surface area contributed by atoms with Crippen LogP contribution in [0.4, 0.5) is 30.0 Å². The van der Waals surface area contributed by atoms with Crippen LogP contribution in [0.1, 0.15) is 64.9 Å². The van der Waals surface area contributed by atoms with Crippen LogP contribution in [0.3, 0.4) is 0 Å². The third-order valence-electron chi connectivity index (χ3n) is 6.93. The highest BCUT2D eigenvalue weighted by Gasteiger charge is 2.30. The van der Waals surface area contributed by atoms with Gasteiger partial charge in [0, 0.05) is 24.5 Å². The predicted molar refractivity (Wildman–Crippen MR) is 180 cm³/mol.